The first-order valence-corrected chi connectivity index (χ1v) is 8.55. The minimum atomic E-state index is -0.790. The lowest BCUT2D eigenvalue weighted by molar-refractivity contribution is -0.164. The number of benzene rings is 1. The highest BCUT2D eigenvalue weighted by Gasteiger charge is 2.37. The largest absolute Gasteiger partial charge is 0.460 e. The van der Waals surface area contributed by atoms with E-state index in [-0.39, 0.29) is 24.0 Å². The van der Waals surface area contributed by atoms with Gasteiger partial charge in [0.25, 0.3) is 0 Å². The van der Waals surface area contributed by atoms with E-state index in [0.717, 1.165) is 5.69 Å². The summed E-state index contributed by atoms with van der Waals surface area (Å²) in [4.78, 5) is 37.7. The molecule has 7 nitrogen and oxygen atoms in total. The summed E-state index contributed by atoms with van der Waals surface area (Å²) in [6.07, 6.45) is 0.454. The van der Waals surface area contributed by atoms with Crippen molar-refractivity contribution >= 4 is 23.7 Å². The fourth-order valence-corrected chi connectivity index (χ4v) is 3.09. The lowest BCUT2D eigenvalue weighted by Gasteiger charge is -2.31. The number of hydrogen-bond acceptors (Lipinski definition) is 5. The molecule has 0 bridgehead atoms. The van der Waals surface area contributed by atoms with Gasteiger partial charge in [-0.2, -0.15) is 0 Å². The van der Waals surface area contributed by atoms with Gasteiger partial charge in [-0.05, 0) is 31.9 Å². The van der Waals surface area contributed by atoms with Crippen molar-refractivity contribution in [2.24, 2.45) is 5.92 Å². The predicted molar refractivity (Wildman–Crippen MR) is 89.8 cm³/mol. The van der Waals surface area contributed by atoms with Crippen LogP contribution in [0.1, 0.15) is 26.2 Å². The first-order chi connectivity index (χ1) is 12.0. The molecule has 0 saturated carbocycles. The molecule has 1 N–H and O–H groups in total. The summed E-state index contributed by atoms with van der Waals surface area (Å²) >= 11 is 0. The average Bonchev–Trinajstić information content (AvgIpc) is 2.93. The fraction of sp³-hybridized carbons (Fsp3) is 0.500. The standard InChI is InChI=1S/C18H22N2O5/c1-12-11-15(17(22)24-12)25-16(21)13-7-9-20(10-8-13)18(23)19-14-5-3-2-4-6-14/h2-6,12-13,15H,7-11H2,1H3,(H,19,23)/t12-,15+/m0/s1. The van der Waals surface area contributed by atoms with Crippen LogP contribution < -0.4 is 5.32 Å². The second-order valence-corrected chi connectivity index (χ2v) is 6.47. The SMILES string of the molecule is C[C@H]1C[C@@H](OC(=O)C2CCN(C(=O)Nc3ccccc3)CC2)C(=O)O1. The fourth-order valence-electron chi connectivity index (χ4n) is 3.09. The maximum Gasteiger partial charge on any atom is 0.347 e. The molecule has 134 valence electrons. The molecule has 2 fully saturated rings. The molecule has 0 spiro atoms. The maximum absolute atomic E-state index is 12.2. The van der Waals surface area contributed by atoms with Crippen LogP contribution in [0.3, 0.4) is 0 Å². The molecule has 2 amide bonds. The van der Waals surface area contributed by atoms with E-state index < -0.39 is 12.1 Å². The van der Waals surface area contributed by atoms with Crippen molar-refractivity contribution in [1.82, 2.24) is 4.90 Å². The maximum atomic E-state index is 12.2. The predicted octanol–water partition coefficient (Wildman–Crippen LogP) is 2.18. The zero-order valence-electron chi connectivity index (χ0n) is 14.1. The summed E-state index contributed by atoms with van der Waals surface area (Å²) < 4.78 is 10.3. The molecule has 1 aromatic rings. The van der Waals surface area contributed by atoms with Gasteiger partial charge >= 0.3 is 18.0 Å². The van der Waals surface area contributed by atoms with Crippen molar-refractivity contribution in [1.29, 1.82) is 0 Å². The van der Waals surface area contributed by atoms with Crippen LogP contribution in [0.4, 0.5) is 10.5 Å². The molecular weight excluding hydrogens is 324 g/mol. The minimum absolute atomic E-state index is 0.175. The molecule has 0 aliphatic carbocycles. The zero-order chi connectivity index (χ0) is 17.8. The molecule has 3 rings (SSSR count). The Morgan fingerprint density at radius 1 is 1.20 bits per heavy atom. The Labute approximate surface area is 146 Å². The van der Waals surface area contributed by atoms with E-state index in [2.05, 4.69) is 5.32 Å². The van der Waals surface area contributed by atoms with Gasteiger partial charge in [0.2, 0.25) is 6.10 Å². The van der Waals surface area contributed by atoms with Gasteiger partial charge in [-0.15, -0.1) is 0 Å². The monoisotopic (exact) mass is 346 g/mol. The number of amides is 2. The van der Waals surface area contributed by atoms with Crippen molar-refractivity contribution in [2.75, 3.05) is 18.4 Å². The Morgan fingerprint density at radius 2 is 1.88 bits per heavy atom. The second-order valence-electron chi connectivity index (χ2n) is 6.47. The van der Waals surface area contributed by atoms with E-state index in [4.69, 9.17) is 9.47 Å². The van der Waals surface area contributed by atoms with Crippen molar-refractivity contribution in [2.45, 2.75) is 38.4 Å². The number of hydrogen-bond donors (Lipinski definition) is 1. The van der Waals surface area contributed by atoms with Crippen molar-refractivity contribution in [3.8, 4) is 0 Å². The lowest BCUT2D eigenvalue weighted by Crippen LogP contribution is -2.43. The van der Waals surface area contributed by atoms with E-state index in [1.54, 1.807) is 11.8 Å². The van der Waals surface area contributed by atoms with Gasteiger partial charge in [-0.1, -0.05) is 18.2 Å². The lowest BCUT2D eigenvalue weighted by atomic mass is 9.97. The Morgan fingerprint density at radius 3 is 2.48 bits per heavy atom. The summed E-state index contributed by atoms with van der Waals surface area (Å²) in [5.41, 5.74) is 0.739. The summed E-state index contributed by atoms with van der Waals surface area (Å²) in [7, 11) is 0. The molecule has 2 aliphatic heterocycles. The highest BCUT2D eigenvalue weighted by atomic mass is 16.6. The Hall–Kier alpha value is -2.57. The van der Waals surface area contributed by atoms with Gasteiger partial charge in [0.1, 0.15) is 6.10 Å². The van der Waals surface area contributed by atoms with Gasteiger partial charge in [-0.25, -0.2) is 9.59 Å². The van der Waals surface area contributed by atoms with Gasteiger partial charge in [0.05, 0.1) is 5.92 Å². The number of esters is 2. The zero-order valence-corrected chi connectivity index (χ0v) is 14.1. The molecule has 0 radical (unpaired) electrons. The summed E-state index contributed by atoms with van der Waals surface area (Å²) in [6, 6.07) is 9.06. The van der Waals surface area contributed by atoms with Crippen LogP contribution in [0.15, 0.2) is 30.3 Å². The third kappa shape index (κ3) is 4.29. The van der Waals surface area contributed by atoms with Crippen LogP contribution in [0.2, 0.25) is 0 Å². The van der Waals surface area contributed by atoms with Gasteiger partial charge in [-0.3, -0.25) is 4.79 Å². The van der Waals surface area contributed by atoms with Gasteiger partial charge in [0.15, 0.2) is 0 Å². The number of ether oxygens (including phenoxy) is 2. The number of carbonyl (C=O) groups excluding carboxylic acids is 3. The molecule has 2 saturated heterocycles. The molecular formula is C18H22N2O5. The van der Waals surface area contributed by atoms with Gasteiger partial charge in [0, 0.05) is 25.2 Å². The average molecular weight is 346 g/mol. The van der Waals surface area contributed by atoms with Crippen molar-refractivity contribution in [3.05, 3.63) is 30.3 Å². The number of nitrogens with zero attached hydrogens (tertiary/aromatic N) is 1. The number of nitrogens with one attached hydrogen (secondary N) is 1. The van der Waals surface area contributed by atoms with Crippen LogP contribution in [0.5, 0.6) is 0 Å². The van der Waals surface area contributed by atoms with E-state index >= 15 is 0 Å². The topological polar surface area (TPSA) is 84.9 Å². The summed E-state index contributed by atoms with van der Waals surface area (Å²) in [5, 5.41) is 2.83. The van der Waals surface area contributed by atoms with E-state index in [1.807, 2.05) is 30.3 Å². The number of piperidine rings is 1. The molecule has 1 aromatic carbocycles. The van der Waals surface area contributed by atoms with Crippen molar-refractivity contribution in [3.63, 3.8) is 0 Å². The van der Waals surface area contributed by atoms with Gasteiger partial charge < -0.3 is 19.7 Å². The number of carbonyl (C=O) groups is 3. The normalized spacial score (nSPS) is 23.9. The Kier molecular flexibility index (Phi) is 5.21. The Balaban J connectivity index is 1.46. The van der Waals surface area contributed by atoms with E-state index in [9.17, 15) is 14.4 Å². The van der Waals surface area contributed by atoms with Crippen LogP contribution in [0.25, 0.3) is 0 Å². The number of rotatable bonds is 3. The first kappa shape index (κ1) is 17.3. The summed E-state index contributed by atoms with van der Waals surface area (Å²) in [6.45, 7) is 2.73. The minimum Gasteiger partial charge on any atom is -0.460 e. The number of likely N-dealkylation sites (tertiary alicyclic amines) is 1. The number of para-hydroxylation sites is 1. The van der Waals surface area contributed by atoms with E-state index in [0.29, 0.717) is 32.4 Å². The quantitative estimate of drug-likeness (QED) is 0.848. The smallest absolute Gasteiger partial charge is 0.347 e. The van der Waals surface area contributed by atoms with Crippen LogP contribution in [-0.2, 0) is 19.1 Å². The molecule has 2 atom stereocenters. The third-order valence-electron chi connectivity index (χ3n) is 4.53. The Bertz CT molecular complexity index is 640. The van der Waals surface area contributed by atoms with Crippen LogP contribution in [-0.4, -0.2) is 48.2 Å². The van der Waals surface area contributed by atoms with E-state index in [1.165, 1.54) is 0 Å². The molecule has 7 heteroatoms. The number of urea groups is 1. The number of cyclic esters (lactones) is 1. The molecule has 25 heavy (non-hydrogen) atoms. The molecule has 0 unspecified atom stereocenters. The van der Waals surface area contributed by atoms with Crippen LogP contribution >= 0.6 is 0 Å². The first-order valence-electron chi connectivity index (χ1n) is 8.55. The summed E-state index contributed by atoms with van der Waals surface area (Å²) in [5.74, 6) is -1.14. The highest BCUT2D eigenvalue weighted by molar-refractivity contribution is 5.89. The second kappa shape index (κ2) is 7.55. The van der Waals surface area contributed by atoms with Crippen LogP contribution in [0, 0.1) is 5.92 Å². The highest BCUT2D eigenvalue weighted by Crippen LogP contribution is 2.23. The molecule has 2 heterocycles. The molecule has 0 aromatic heterocycles. The van der Waals surface area contributed by atoms with Crippen molar-refractivity contribution < 1.29 is 23.9 Å². The third-order valence-corrected chi connectivity index (χ3v) is 4.53. The number of anilines is 1. The molecule has 2 aliphatic rings.